The van der Waals surface area contributed by atoms with E-state index in [1.807, 2.05) is 32.9 Å². The summed E-state index contributed by atoms with van der Waals surface area (Å²) in [6.45, 7) is 7.16. The molecule has 19 heavy (non-hydrogen) atoms. The van der Waals surface area contributed by atoms with Gasteiger partial charge in [-0.1, -0.05) is 0 Å². The van der Waals surface area contributed by atoms with Crippen LogP contribution in [0.15, 0.2) is 23.1 Å². The second kappa shape index (κ2) is 5.65. The van der Waals surface area contributed by atoms with Gasteiger partial charge in [-0.05, 0) is 39.0 Å². The van der Waals surface area contributed by atoms with Crippen LogP contribution in [-0.4, -0.2) is 35.1 Å². The molecule has 0 spiro atoms. The predicted molar refractivity (Wildman–Crippen MR) is 77.6 cm³/mol. The predicted octanol–water partition coefficient (Wildman–Crippen LogP) is 2.60. The molecular formula is C14H18N2O2S. The molecule has 5 heteroatoms. The fourth-order valence-electron chi connectivity index (χ4n) is 2.04. The van der Waals surface area contributed by atoms with Gasteiger partial charge in [0, 0.05) is 23.5 Å². The van der Waals surface area contributed by atoms with E-state index in [4.69, 9.17) is 0 Å². The number of amides is 2. The molecule has 0 fully saturated rings. The molecule has 0 saturated heterocycles. The summed E-state index contributed by atoms with van der Waals surface area (Å²) in [5.41, 5.74) is 1.36. The molecule has 0 aliphatic carbocycles. The van der Waals surface area contributed by atoms with E-state index in [2.05, 4.69) is 5.32 Å². The van der Waals surface area contributed by atoms with Crippen molar-refractivity contribution in [3.05, 3.63) is 23.8 Å². The SMILES string of the molecule is CCN(CC)C(=O)c1ccc2c(c1)NC(=O)[C@H](C)S2. The van der Waals surface area contributed by atoms with Crippen LogP contribution >= 0.6 is 11.8 Å². The number of nitrogens with zero attached hydrogens (tertiary/aromatic N) is 1. The van der Waals surface area contributed by atoms with E-state index in [0.29, 0.717) is 18.7 Å². The number of benzene rings is 1. The van der Waals surface area contributed by atoms with Crippen molar-refractivity contribution >= 4 is 29.3 Å². The second-order valence-corrected chi connectivity index (χ2v) is 5.82. The van der Waals surface area contributed by atoms with Gasteiger partial charge >= 0.3 is 0 Å². The van der Waals surface area contributed by atoms with Crippen LogP contribution in [0.5, 0.6) is 0 Å². The van der Waals surface area contributed by atoms with Crippen molar-refractivity contribution in [2.24, 2.45) is 0 Å². The van der Waals surface area contributed by atoms with Crippen molar-refractivity contribution < 1.29 is 9.59 Å². The molecular weight excluding hydrogens is 260 g/mol. The summed E-state index contributed by atoms with van der Waals surface area (Å²) in [6, 6.07) is 5.51. The summed E-state index contributed by atoms with van der Waals surface area (Å²) >= 11 is 1.52. The van der Waals surface area contributed by atoms with Crippen molar-refractivity contribution in [1.82, 2.24) is 4.90 Å². The lowest BCUT2D eigenvalue weighted by Gasteiger charge is -2.23. The molecule has 1 aliphatic heterocycles. The van der Waals surface area contributed by atoms with E-state index in [0.717, 1.165) is 10.6 Å². The molecule has 0 bridgehead atoms. The second-order valence-electron chi connectivity index (χ2n) is 4.44. The van der Waals surface area contributed by atoms with Gasteiger partial charge in [0.1, 0.15) is 0 Å². The normalized spacial score (nSPS) is 17.6. The number of fused-ring (bicyclic) bond motifs is 1. The van der Waals surface area contributed by atoms with Crippen LogP contribution in [0.25, 0.3) is 0 Å². The van der Waals surface area contributed by atoms with E-state index in [1.165, 1.54) is 11.8 Å². The number of carbonyl (C=O) groups is 2. The van der Waals surface area contributed by atoms with Gasteiger partial charge in [-0.3, -0.25) is 9.59 Å². The van der Waals surface area contributed by atoms with Crippen molar-refractivity contribution in [3.8, 4) is 0 Å². The third kappa shape index (κ3) is 2.76. The van der Waals surface area contributed by atoms with Crippen LogP contribution in [0.4, 0.5) is 5.69 Å². The monoisotopic (exact) mass is 278 g/mol. The zero-order valence-electron chi connectivity index (χ0n) is 11.4. The summed E-state index contributed by atoms with van der Waals surface area (Å²) in [6.07, 6.45) is 0. The van der Waals surface area contributed by atoms with Crippen LogP contribution < -0.4 is 5.32 Å². The van der Waals surface area contributed by atoms with Gasteiger partial charge in [-0.25, -0.2) is 0 Å². The van der Waals surface area contributed by atoms with Crippen molar-refractivity contribution in [2.45, 2.75) is 30.9 Å². The Morgan fingerprint density at radius 1 is 1.37 bits per heavy atom. The summed E-state index contributed by atoms with van der Waals surface area (Å²) in [4.78, 5) is 26.7. The van der Waals surface area contributed by atoms with Crippen LogP contribution in [-0.2, 0) is 4.79 Å². The van der Waals surface area contributed by atoms with Crippen LogP contribution in [0.1, 0.15) is 31.1 Å². The smallest absolute Gasteiger partial charge is 0.253 e. The third-order valence-electron chi connectivity index (χ3n) is 3.21. The standard InChI is InChI=1S/C14H18N2O2S/c1-4-16(5-2)14(18)10-6-7-12-11(8-10)15-13(17)9(3)19-12/h6-9H,4-5H2,1-3H3,(H,15,17)/t9-/m0/s1. The lowest BCUT2D eigenvalue weighted by atomic mass is 10.1. The Kier molecular flexibility index (Phi) is 4.14. The number of nitrogens with one attached hydrogen (secondary N) is 1. The highest BCUT2D eigenvalue weighted by molar-refractivity contribution is 8.00. The first-order chi connectivity index (χ1) is 9.06. The molecule has 1 aromatic carbocycles. The number of hydrogen-bond acceptors (Lipinski definition) is 3. The van der Waals surface area contributed by atoms with E-state index >= 15 is 0 Å². The van der Waals surface area contributed by atoms with E-state index in [9.17, 15) is 9.59 Å². The van der Waals surface area contributed by atoms with E-state index in [-0.39, 0.29) is 17.1 Å². The first kappa shape index (κ1) is 13.9. The fourth-order valence-corrected chi connectivity index (χ4v) is 2.97. The van der Waals surface area contributed by atoms with Gasteiger partial charge in [0.05, 0.1) is 10.9 Å². The molecule has 2 rings (SSSR count). The summed E-state index contributed by atoms with van der Waals surface area (Å²) in [5, 5.41) is 2.76. The molecule has 0 saturated carbocycles. The quantitative estimate of drug-likeness (QED) is 0.924. The van der Waals surface area contributed by atoms with Crippen LogP contribution in [0.3, 0.4) is 0 Å². The van der Waals surface area contributed by atoms with Gasteiger partial charge in [0.15, 0.2) is 0 Å². The van der Waals surface area contributed by atoms with E-state index in [1.54, 1.807) is 11.0 Å². The highest BCUT2D eigenvalue weighted by Crippen LogP contribution is 2.36. The zero-order chi connectivity index (χ0) is 14.0. The molecule has 1 atom stereocenters. The number of thioether (sulfide) groups is 1. The molecule has 1 N–H and O–H groups in total. The molecule has 4 nitrogen and oxygen atoms in total. The Hall–Kier alpha value is -1.49. The van der Waals surface area contributed by atoms with Crippen molar-refractivity contribution in [3.63, 3.8) is 0 Å². The summed E-state index contributed by atoms with van der Waals surface area (Å²) < 4.78 is 0. The third-order valence-corrected chi connectivity index (χ3v) is 4.39. The Labute approximate surface area is 117 Å². The number of anilines is 1. The summed E-state index contributed by atoms with van der Waals surface area (Å²) in [7, 11) is 0. The van der Waals surface area contributed by atoms with Gasteiger partial charge in [-0.15, -0.1) is 11.8 Å². The number of rotatable bonds is 3. The van der Waals surface area contributed by atoms with Crippen LogP contribution in [0, 0.1) is 0 Å². The van der Waals surface area contributed by atoms with Gasteiger partial charge in [0.25, 0.3) is 5.91 Å². The highest BCUT2D eigenvalue weighted by atomic mass is 32.2. The number of carbonyl (C=O) groups excluding carboxylic acids is 2. The van der Waals surface area contributed by atoms with Crippen molar-refractivity contribution in [1.29, 1.82) is 0 Å². The topological polar surface area (TPSA) is 49.4 Å². The maximum absolute atomic E-state index is 12.2. The fraction of sp³-hybridized carbons (Fsp3) is 0.429. The van der Waals surface area contributed by atoms with Gasteiger partial charge in [0.2, 0.25) is 5.91 Å². The Morgan fingerprint density at radius 2 is 2.05 bits per heavy atom. The average Bonchev–Trinajstić information content (AvgIpc) is 2.41. The molecule has 0 aromatic heterocycles. The highest BCUT2D eigenvalue weighted by Gasteiger charge is 2.24. The maximum atomic E-state index is 12.2. The Morgan fingerprint density at radius 3 is 2.68 bits per heavy atom. The Balaban J connectivity index is 2.29. The first-order valence-electron chi connectivity index (χ1n) is 6.47. The maximum Gasteiger partial charge on any atom is 0.253 e. The minimum absolute atomic E-state index is 0.00525. The minimum Gasteiger partial charge on any atom is -0.339 e. The minimum atomic E-state index is -0.0863. The van der Waals surface area contributed by atoms with Crippen molar-refractivity contribution in [2.75, 3.05) is 18.4 Å². The lowest BCUT2D eigenvalue weighted by molar-refractivity contribution is -0.115. The van der Waals surface area contributed by atoms with Crippen LogP contribution in [0.2, 0.25) is 0 Å². The van der Waals surface area contributed by atoms with Gasteiger partial charge in [-0.2, -0.15) is 0 Å². The molecule has 2 amide bonds. The largest absolute Gasteiger partial charge is 0.339 e. The zero-order valence-corrected chi connectivity index (χ0v) is 12.2. The molecule has 102 valence electrons. The molecule has 0 unspecified atom stereocenters. The molecule has 0 radical (unpaired) electrons. The molecule has 1 aliphatic rings. The van der Waals surface area contributed by atoms with E-state index < -0.39 is 0 Å². The number of hydrogen-bond donors (Lipinski definition) is 1. The molecule has 1 aromatic rings. The Bertz CT molecular complexity index is 512. The average molecular weight is 278 g/mol. The lowest BCUT2D eigenvalue weighted by Crippen LogP contribution is -2.31. The summed E-state index contributed by atoms with van der Waals surface area (Å²) in [5.74, 6) is -0.00407. The molecule has 1 heterocycles. The first-order valence-corrected chi connectivity index (χ1v) is 7.35. The van der Waals surface area contributed by atoms with Gasteiger partial charge < -0.3 is 10.2 Å².